The van der Waals surface area contributed by atoms with Crippen LogP contribution in [0.2, 0.25) is 5.02 Å². The quantitative estimate of drug-likeness (QED) is 0.627. The summed E-state index contributed by atoms with van der Waals surface area (Å²) in [6.45, 7) is 2.07. The van der Waals surface area contributed by atoms with Crippen molar-refractivity contribution in [2.45, 2.75) is 25.5 Å². The summed E-state index contributed by atoms with van der Waals surface area (Å²) in [6, 6.07) is 25.8. The van der Waals surface area contributed by atoms with Crippen LogP contribution in [0.1, 0.15) is 24.2 Å². The summed E-state index contributed by atoms with van der Waals surface area (Å²) in [5.41, 5.74) is 10.7. The highest BCUT2D eigenvalue weighted by Gasteiger charge is 2.23. The zero-order valence-corrected chi connectivity index (χ0v) is 15.6. The molecule has 134 valence electrons. The summed E-state index contributed by atoms with van der Waals surface area (Å²) in [4.78, 5) is 0. The molecule has 0 fully saturated rings. The maximum atomic E-state index is 10.6. The van der Waals surface area contributed by atoms with Gasteiger partial charge in [-0.05, 0) is 46.7 Å². The predicted octanol–water partition coefficient (Wildman–Crippen LogP) is 5.25. The number of aliphatic hydroxyl groups excluding tert-OH is 1. The van der Waals surface area contributed by atoms with Crippen LogP contribution < -0.4 is 5.73 Å². The lowest BCUT2D eigenvalue weighted by atomic mass is 9.88. The number of rotatable bonds is 6. The van der Waals surface area contributed by atoms with Crippen LogP contribution in [0.15, 0.2) is 78.9 Å². The molecule has 0 bridgehead atoms. The Morgan fingerprint density at radius 1 is 0.885 bits per heavy atom. The number of hydrogen-bond acceptors (Lipinski definition) is 2. The molecule has 0 saturated heterocycles. The average molecular weight is 366 g/mol. The van der Waals surface area contributed by atoms with Crippen molar-refractivity contribution in [1.82, 2.24) is 0 Å². The van der Waals surface area contributed by atoms with Crippen LogP contribution in [0.3, 0.4) is 0 Å². The zero-order valence-electron chi connectivity index (χ0n) is 14.8. The number of nitrogens with two attached hydrogens (primary N) is 1. The molecule has 3 unspecified atom stereocenters. The van der Waals surface area contributed by atoms with E-state index in [9.17, 15) is 5.11 Å². The molecule has 2 nitrogen and oxygen atoms in total. The number of hydrogen-bond donors (Lipinski definition) is 2. The summed E-state index contributed by atoms with van der Waals surface area (Å²) in [6.07, 6.45) is 0.0840. The van der Waals surface area contributed by atoms with Crippen molar-refractivity contribution in [3.63, 3.8) is 0 Å². The van der Waals surface area contributed by atoms with Crippen molar-refractivity contribution in [1.29, 1.82) is 0 Å². The molecule has 0 saturated carbocycles. The van der Waals surface area contributed by atoms with Gasteiger partial charge in [0, 0.05) is 11.1 Å². The second-order valence-electron chi connectivity index (χ2n) is 6.82. The van der Waals surface area contributed by atoms with E-state index in [1.165, 1.54) is 16.7 Å². The summed E-state index contributed by atoms with van der Waals surface area (Å²) in [5, 5.41) is 11.2. The van der Waals surface area contributed by atoms with E-state index in [0.717, 1.165) is 12.0 Å². The van der Waals surface area contributed by atoms with Crippen molar-refractivity contribution in [2.24, 2.45) is 11.7 Å². The van der Waals surface area contributed by atoms with Gasteiger partial charge in [-0.25, -0.2) is 0 Å². The molecule has 0 aromatic heterocycles. The third-order valence-corrected chi connectivity index (χ3v) is 5.07. The standard InChI is InChI=1S/C23H24ClNO/c1-16(22(25)23(26)20-8-5-9-21(24)15-20)14-17-10-12-19(13-11-17)18-6-3-2-4-7-18/h2-13,15-16,22-23,26H,14,25H2,1H3. The molecule has 3 rings (SSSR count). The Hall–Kier alpha value is -2.13. The first kappa shape index (κ1) is 18.7. The normalized spacial score (nSPS) is 14.6. The van der Waals surface area contributed by atoms with Crippen molar-refractivity contribution in [2.75, 3.05) is 0 Å². The fourth-order valence-electron chi connectivity index (χ4n) is 3.20. The fourth-order valence-corrected chi connectivity index (χ4v) is 3.39. The molecular weight excluding hydrogens is 342 g/mol. The molecule has 3 atom stereocenters. The largest absolute Gasteiger partial charge is 0.387 e. The van der Waals surface area contributed by atoms with Gasteiger partial charge in [0.15, 0.2) is 0 Å². The molecule has 0 spiro atoms. The first-order chi connectivity index (χ1) is 12.5. The first-order valence-corrected chi connectivity index (χ1v) is 9.26. The molecule has 26 heavy (non-hydrogen) atoms. The lowest BCUT2D eigenvalue weighted by Gasteiger charge is -2.25. The highest BCUT2D eigenvalue weighted by molar-refractivity contribution is 6.30. The van der Waals surface area contributed by atoms with Crippen molar-refractivity contribution in [3.8, 4) is 11.1 Å². The van der Waals surface area contributed by atoms with E-state index in [4.69, 9.17) is 17.3 Å². The molecule has 3 N–H and O–H groups in total. The van der Waals surface area contributed by atoms with E-state index >= 15 is 0 Å². The summed E-state index contributed by atoms with van der Waals surface area (Å²) in [5.74, 6) is 0.131. The van der Waals surface area contributed by atoms with E-state index in [2.05, 4.69) is 43.3 Å². The van der Waals surface area contributed by atoms with Crippen LogP contribution in [0.5, 0.6) is 0 Å². The lowest BCUT2D eigenvalue weighted by molar-refractivity contribution is 0.121. The van der Waals surface area contributed by atoms with Gasteiger partial charge >= 0.3 is 0 Å². The topological polar surface area (TPSA) is 46.2 Å². The minimum Gasteiger partial charge on any atom is -0.387 e. The Morgan fingerprint density at radius 3 is 2.19 bits per heavy atom. The molecule has 0 aliphatic carbocycles. The van der Waals surface area contributed by atoms with E-state index in [1.54, 1.807) is 12.1 Å². The summed E-state index contributed by atoms with van der Waals surface area (Å²) < 4.78 is 0. The number of aliphatic hydroxyl groups is 1. The Balaban J connectivity index is 1.66. The van der Waals surface area contributed by atoms with Crippen LogP contribution in [0, 0.1) is 5.92 Å². The molecule has 0 aliphatic heterocycles. The monoisotopic (exact) mass is 365 g/mol. The summed E-state index contributed by atoms with van der Waals surface area (Å²) in [7, 11) is 0. The van der Waals surface area contributed by atoms with Gasteiger partial charge in [0.05, 0.1) is 6.10 Å². The SMILES string of the molecule is CC(Cc1ccc(-c2ccccc2)cc1)C(N)C(O)c1cccc(Cl)c1. The molecular formula is C23H24ClNO. The van der Waals surface area contributed by atoms with Crippen LogP contribution in [0.25, 0.3) is 11.1 Å². The Labute approximate surface area is 160 Å². The molecule has 0 aliphatic rings. The summed E-state index contributed by atoms with van der Waals surface area (Å²) >= 11 is 6.02. The molecule has 0 amide bonds. The Kier molecular flexibility index (Phi) is 6.10. The predicted molar refractivity (Wildman–Crippen MR) is 109 cm³/mol. The highest BCUT2D eigenvalue weighted by Crippen LogP contribution is 2.26. The van der Waals surface area contributed by atoms with Gasteiger partial charge in [0.1, 0.15) is 0 Å². The minimum absolute atomic E-state index is 0.131. The smallest absolute Gasteiger partial charge is 0.0944 e. The highest BCUT2D eigenvalue weighted by atomic mass is 35.5. The molecule has 3 aromatic carbocycles. The second kappa shape index (κ2) is 8.50. The van der Waals surface area contributed by atoms with Crippen LogP contribution in [-0.4, -0.2) is 11.1 Å². The minimum atomic E-state index is -0.729. The Morgan fingerprint density at radius 2 is 1.54 bits per heavy atom. The van der Waals surface area contributed by atoms with E-state index < -0.39 is 6.10 Å². The van der Waals surface area contributed by atoms with Crippen LogP contribution in [-0.2, 0) is 6.42 Å². The number of benzene rings is 3. The van der Waals surface area contributed by atoms with Crippen LogP contribution in [0.4, 0.5) is 0 Å². The third kappa shape index (κ3) is 4.53. The molecule has 0 radical (unpaired) electrons. The maximum absolute atomic E-state index is 10.6. The van der Waals surface area contributed by atoms with Gasteiger partial charge in [-0.2, -0.15) is 0 Å². The number of halogens is 1. The molecule has 0 heterocycles. The first-order valence-electron chi connectivity index (χ1n) is 8.88. The van der Waals surface area contributed by atoms with Crippen molar-refractivity contribution >= 4 is 11.6 Å². The lowest BCUT2D eigenvalue weighted by Crippen LogP contribution is -2.36. The van der Waals surface area contributed by atoms with E-state index in [0.29, 0.717) is 5.02 Å². The maximum Gasteiger partial charge on any atom is 0.0944 e. The third-order valence-electron chi connectivity index (χ3n) is 4.83. The average Bonchev–Trinajstić information content (AvgIpc) is 2.68. The van der Waals surface area contributed by atoms with Gasteiger partial charge < -0.3 is 10.8 Å². The fraction of sp³-hybridized carbons (Fsp3) is 0.217. The molecule has 3 aromatic rings. The van der Waals surface area contributed by atoms with E-state index in [1.807, 2.05) is 30.3 Å². The molecule has 3 heteroatoms. The van der Waals surface area contributed by atoms with Gasteiger partial charge in [0.2, 0.25) is 0 Å². The Bertz CT molecular complexity index is 832. The second-order valence-corrected chi connectivity index (χ2v) is 7.26. The van der Waals surface area contributed by atoms with Gasteiger partial charge in [-0.15, -0.1) is 0 Å². The van der Waals surface area contributed by atoms with Crippen molar-refractivity contribution < 1.29 is 5.11 Å². The van der Waals surface area contributed by atoms with Gasteiger partial charge in [0.25, 0.3) is 0 Å². The zero-order chi connectivity index (χ0) is 18.5. The van der Waals surface area contributed by atoms with Crippen LogP contribution >= 0.6 is 11.6 Å². The van der Waals surface area contributed by atoms with E-state index in [-0.39, 0.29) is 12.0 Å². The van der Waals surface area contributed by atoms with Gasteiger partial charge in [-0.3, -0.25) is 0 Å². The van der Waals surface area contributed by atoms with Crippen molar-refractivity contribution in [3.05, 3.63) is 95.0 Å². The van der Waals surface area contributed by atoms with Gasteiger partial charge in [-0.1, -0.05) is 85.3 Å².